The van der Waals surface area contributed by atoms with Crippen molar-refractivity contribution >= 4 is 0 Å². The van der Waals surface area contributed by atoms with Crippen LogP contribution in [0.1, 0.15) is 17.9 Å². The first-order valence-electron chi connectivity index (χ1n) is 6.84. The molecule has 3 rings (SSSR count). The van der Waals surface area contributed by atoms with E-state index in [2.05, 4.69) is 23.5 Å². The van der Waals surface area contributed by atoms with E-state index in [9.17, 15) is 0 Å². The number of rotatable bonds is 5. The normalized spacial score (nSPS) is 21.1. The van der Waals surface area contributed by atoms with Gasteiger partial charge >= 0.3 is 0 Å². The molecule has 0 aromatic heterocycles. The fourth-order valence-corrected chi connectivity index (χ4v) is 2.58. The van der Waals surface area contributed by atoms with E-state index >= 15 is 0 Å². The summed E-state index contributed by atoms with van der Waals surface area (Å²) in [4.78, 5) is 0. The van der Waals surface area contributed by atoms with Gasteiger partial charge in [-0.25, -0.2) is 0 Å². The quantitative estimate of drug-likeness (QED) is 0.875. The van der Waals surface area contributed by atoms with Gasteiger partial charge in [0.1, 0.15) is 11.5 Å². The SMILES string of the molecule is CNCC1CC1c1cccc(Oc2ccccc2)c1. The summed E-state index contributed by atoms with van der Waals surface area (Å²) in [6.07, 6.45) is 1.29. The Balaban J connectivity index is 1.71. The monoisotopic (exact) mass is 253 g/mol. The third-order valence-electron chi connectivity index (χ3n) is 3.65. The Morgan fingerprint density at radius 1 is 1.05 bits per heavy atom. The van der Waals surface area contributed by atoms with Crippen LogP contribution in [0.2, 0.25) is 0 Å². The highest BCUT2D eigenvalue weighted by molar-refractivity contribution is 5.37. The predicted octanol–water partition coefficient (Wildman–Crippen LogP) is 3.80. The van der Waals surface area contributed by atoms with Crippen LogP contribution in [0.3, 0.4) is 0 Å². The third-order valence-corrected chi connectivity index (χ3v) is 3.65. The van der Waals surface area contributed by atoms with Crippen LogP contribution in [0.4, 0.5) is 0 Å². The minimum atomic E-state index is 0.701. The first-order valence-corrected chi connectivity index (χ1v) is 6.84. The average Bonchev–Trinajstić information content (AvgIpc) is 3.20. The van der Waals surface area contributed by atoms with E-state index in [-0.39, 0.29) is 0 Å². The zero-order valence-corrected chi connectivity index (χ0v) is 11.2. The van der Waals surface area contributed by atoms with Crippen molar-refractivity contribution in [3.8, 4) is 11.5 Å². The smallest absolute Gasteiger partial charge is 0.127 e. The topological polar surface area (TPSA) is 21.3 Å². The van der Waals surface area contributed by atoms with Gasteiger partial charge in [-0.3, -0.25) is 0 Å². The maximum absolute atomic E-state index is 5.88. The van der Waals surface area contributed by atoms with Gasteiger partial charge in [0.15, 0.2) is 0 Å². The molecular weight excluding hydrogens is 234 g/mol. The molecule has 2 atom stereocenters. The van der Waals surface area contributed by atoms with Crippen LogP contribution in [-0.4, -0.2) is 13.6 Å². The van der Waals surface area contributed by atoms with Crippen LogP contribution in [0, 0.1) is 5.92 Å². The first-order chi connectivity index (χ1) is 9.36. The maximum atomic E-state index is 5.88. The summed E-state index contributed by atoms with van der Waals surface area (Å²) in [5, 5.41) is 3.25. The molecule has 0 radical (unpaired) electrons. The van der Waals surface area contributed by atoms with E-state index in [4.69, 9.17) is 4.74 Å². The molecule has 19 heavy (non-hydrogen) atoms. The van der Waals surface area contributed by atoms with Crippen LogP contribution in [0.25, 0.3) is 0 Å². The summed E-state index contributed by atoms with van der Waals surface area (Å²) >= 11 is 0. The standard InChI is InChI=1S/C17H19NO/c1-18-12-14-11-17(14)13-6-5-9-16(10-13)19-15-7-3-2-4-8-15/h2-10,14,17-18H,11-12H2,1H3. The molecule has 2 unspecified atom stereocenters. The minimum Gasteiger partial charge on any atom is -0.457 e. The van der Waals surface area contributed by atoms with Crippen LogP contribution in [0.15, 0.2) is 54.6 Å². The lowest BCUT2D eigenvalue weighted by atomic mass is 10.1. The summed E-state index contributed by atoms with van der Waals surface area (Å²) < 4.78 is 5.88. The van der Waals surface area contributed by atoms with Crippen molar-refractivity contribution in [2.24, 2.45) is 5.92 Å². The van der Waals surface area contributed by atoms with E-state index in [1.54, 1.807) is 0 Å². The molecule has 98 valence electrons. The molecule has 0 heterocycles. The zero-order chi connectivity index (χ0) is 13.1. The van der Waals surface area contributed by atoms with Gasteiger partial charge in [0.05, 0.1) is 0 Å². The molecule has 1 aliphatic carbocycles. The second kappa shape index (κ2) is 5.45. The molecule has 0 aliphatic heterocycles. The second-order valence-corrected chi connectivity index (χ2v) is 5.15. The Morgan fingerprint density at radius 2 is 1.84 bits per heavy atom. The van der Waals surface area contributed by atoms with Gasteiger partial charge in [0.25, 0.3) is 0 Å². The molecule has 0 amide bonds. The van der Waals surface area contributed by atoms with E-state index in [1.165, 1.54) is 12.0 Å². The zero-order valence-electron chi connectivity index (χ0n) is 11.2. The van der Waals surface area contributed by atoms with Crippen LogP contribution < -0.4 is 10.1 Å². The number of ether oxygens (including phenoxy) is 1. The Morgan fingerprint density at radius 3 is 2.63 bits per heavy atom. The Kier molecular flexibility index (Phi) is 3.51. The van der Waals surface area contributed by atoms with Crippen molar-refractivity contribution in [3.05, 3.63) is 60.2 Å². The van der Waals surface area contributed by atoms with E-state index in [1.807, 2.05) is 43.4 Å². The number of benzene rings is 2. The van der Waals surface area contributed by atoms with Crippen LogP contribution in [0.5, 0.6) is 11.5 Å². The molecular formula is C17H19NO. The molecule has 1 N–H and O–H groups in total. The fraction of sp³-hybridized carbons (Fsp3) is 0.294. The van der Waals surface area contributed by atoms with Gasteiger partial charge in [0.2, 0.25) is 0 Å². The van der Waals surface area contributed by atoms with Crippen molar-refractivity contribution < 1.29 is 4.74 Å². The largest absolute Gasteiger partial charge is 0.457 e. The van der Waals surface area contributed by atoms with E-state index in [0.717, 1.165) is 24.0 Å². The van der Waals surface area contributed by atoms with Gasteiger partial charge in [-0.05, 0) is 61.7 Å². The molecule has 2 aromatic rings. The van der Waals surface area contributed by atoms with Gasteiger partial charge in [-0.1, -0.05) is 30.3 Å². The first kappa shape index (κ1) is 12.2. The lowest BCUT2D eigenvalue weighted by molar-refractivity contribution is 0.482. The summed E-state index contributed by atoms with van der Waals surface area (Å²) in [7, 11) is 2.02. The van der Waals surface area contributed by atoms with Crippen molar-refractivity contribution in [2.75, 3.05) is 13.6 Å². The Hall–Kier alpha value is -1.80. The third kappa shape index (κ3) is 2.96. The van der Waals surface area contributed by atoms with Crippen LogP contribution in [-0.2, 0) is 0 Å². The highest BCUT2D eigenvalue weighted by Gasteiger charge is 2.37. The van der Waals surface area contributed by atoms with E-state index in [0.29, 0.717) is 5.92 Å². The molecule has 1 saturated carbocycles. The summed E-state index contributed by atoms with van der Waals surface area (Å²) in [5.74, 6) is 3.31. The fourth-order valence-electron chi connectivity index (χ4n) is 2.58. The number of nitrogens with one attached hydrogen (secondary N) is 1. The van der Waals surface area contributed by atoms with Gasteiger partial charge in [0, 0.05) is 0 Å². The number of hydrogen-bond donors (Lipinski definition) is 1. The maximum Gasteiger partial charge on any atom is 0.127 e. The molecule has 0 bridgehead atoms. The Bertz CT molecular complexity index is 538. The van der Waals surface area contributed by atoms with Crippen molar-refractivity contribution in [2.45, 2.75) is 12.3 Å². The average molecular weight is 253 g/mol. The molecule has 0 saturated heterocycles. The molecule has 1 aliphatic rings. The van der Waals surface area contributed by atoms with Crippen molar-refractivity contribution in [3.63, 3.8) is 0 Å². The number of hydrogen-bond acceptors (Lipinski definition) is 2. The lowest BCUT2D eigenvalue weighted by Crippen LogP contribution is -2.10. The molecule has 0 spiro atoms. The number of para-hydroxylation sites is 1. The minimum absolute atomic E-state index is 0.701. The van der Waals surface area contributed by atoms with E-state index < -0.39 is 0 Å². The summed E-state index contributed by atoms with van der Waals surface area (Å²) in [6, 6.07) is 18.4. The van der Waals surface area contributed by atoms with Gasteiger partial charge in [-0.15, -0.1) is 0 Å². The molecule has 1 fully saturated rings. The summed E-state index contributed by atoms with van der Waals surface area (Å²) in [6.45, 7) is 1.11. The molecule has 2 aromatic carbocycles. The highest BCUT2D eigenvalue weighted by Crippen LogP contribution is 2.47. The predicted molar refractivity (Wildman–Crippen MR) is 77.7 cm³/mol. The van der Waals surface area contributed by atoms with Crippen molar-refractivity contribution in [1.82, 2.24) is 5.32 Å². The highest BCUT2D eigenvalue weighted by atomic mass is 16.5. The van der Waals surface area contributed by atoms with Crippen LogP contribution >= 0.6 is 0 Å². The lowest BCUT2D eigenvalue weighted by Gasteiger charge is -2.07. The summed E-state index contributed by atoms with van der Waals surface area (Å²) in [5.41, 5.74) is 1.40. The molecule has 2 heteroatoms. The van der Waals surface area contributed by atoms with Crippen molar-refractivity contribution in [1.29, 1.82) is 0 Å². The second-order valence-electron chi connectivity index (χ2n) is 5.15. The van der Waals surface area contributed by atoms with Gasteiger partial charge in [-0.2, -0.15) is 0 Å². The van der Waals surface area contributed by atoms with Gasteiger partial charge < -0.3 is 10.1 Å². The molecule has 2 nitrogen and oxygen atoms in total. The Labute approximate surface area is 114 Å².